The van der Waals surface area contributed by atoms with E-state index in [-0.39, 0.29) is 33.8 Å². The lowest BCUT2D eigenvalue weighted by molar-refractivity contribution is -0.133. The summed E-state index contributed by atoms with van der Waals surface area (Å²) in [5.74, 6) is -6.88. The van der Waals surface area contributed by atoms with Crippen molar-refractivity contribution in [2.75, 3.05) is 13.1 Å². The van der Waals surface area contributed by atoms with Gasteiger partial charge in [0, 0.05) is 34.0 Å². The van der Waals surface area contributed by atoms with Gasteiger partial charge in [0.05, 0.1) is 0 Å². The van der Waals surface area contributed by atoms with Crippen LogP contribution in [-0.4, -0.2) is 35.2 Å². The predicted molar refractivity (Wildman–Crippen MR) is 185 cm³/mol. The summed E-state index contributed by atoms with van der Waals surface area (Å²) in [6.45, 7) is 4.10. The minimum absolute atomic E-state index is 0.0608. The third kappa shape index (κ3) is 11.4. The van der Waals surface area contributed by atoms with Crippen LogP contribution in [0.3, 0.4) is 0 Å². The molecule has 50 heavy (non-hydrogen) atoms. The van der Waals surface area contributed by atoms with E-state index >= 15 is 0 Å². The summed E-state index contributed by atoms with van der Waals surface area (Å²) in [6, 6.07) is 17.4. The number of nitrogens with one attached hydrogen (secondary N) is 2. The van der Waals surface area contributed by atoms with Gasteiger partial charge in [-0.05, 0) is 147 Å². The Balaban J connectivity index is 1.13. The van der Waals surface area contributed by atoms with Crippen LogP contribution in [-0.2, 0) is 9.59 Å². The highest BCUT2D eigenvalue weighted by atomic mass is 32.2. The molecule has 0 aliphatic rings. The lowest BCUT2D eigenvalue weighted by Crippen LogP contribution is -2.10. The molecule has 0 amide bonds. The quantitative estimate of drug-likeness (QED) is 0.0363. The molecule has 0 aliphatic carbocycles. The van der Waals surface area contributed by atoms with E-state index in [1.54, 1.807) is 48.5 Å². The van der Waals surface area contributed by atoms with Crippen molar-refractivity contribution < 1.29 is 46.8 Å². The van der Waals surface area contributed by atoms with E-state index in [2.05, 4.69) is 9.44 Å². The number of halogens is 4. The molecule has 0 spiro atoms. The average Bonchev–Trinajstić information content (AvgIpc) is 3.06. The molecule has 0 aromatic heterocycles. The lowest BCUT2D eigenvalue weighted by atomic mass is 10.1. The molecule has 0 unspecified atom stereocenters. The summed E-state index contributed by atoms with van der Waals surface area (Å²) in [4.78, 5) is 23.7. The molecule has 0 saturated heterocycles. The van der Waals surface area contributed by atoms with Crippen LogP contribution >= 0.6 is 23.9 Å². The number of ether oxygens (including phenoxy) is 2. The molecular formula is C36H32F4N2O6S2. The fourth-order valence-electron chi connectivity index (χ4n) is 4.19. The zero-order chi connectivity index (χ0) is 36.2. The van der Waals surface area contributed by atoms with E-state index in [1.165, 1.54) is 49.9 Å². The smallest absolute Gasteiger partial charge is 0.331 e. The first-order valence-corrected chi connectivity index (χ1v) is 16.7. The summed E-state index contributed by atoms with van der Waals surface area (Å²) >= 11 is 2.81. The molecule has 14 heteroatoms. The maximum Gasteiger partial charge on any atom is 0.331 e. The largest absolute Gasteiger partial charge is 0.478 e. The zero-order valence-corrected chi connectivity index (χ0v) is 28.4. The molecule has 0 bridgehead atoms. The topological polar surface area (TPSA) is 117 Å². The first kappa shape index (κ1) is 38.0. The number of unbranched alkanes of at least 4 members (excludes halogenated alkanes) is 1. The fourth-order valence-corrected chi connectivity index (χ4v) is 5.56. The van der Waals surface area contributed by atoms with Gasteiger partial charge in [-0.25, -0.2) is 27.2 Å². The van der Waals surface area contributed by atoms with Crippen LogP contribution in [0.1, 0.15) is 37.8 Å². The average molecular weight is 729 g/mol. The molecule has 4 N–H and O–H groups in total. The Morgan fingerprint density at radius 3 is 1.24 bits per heavy atom. The summed E-state index contributed by atoms with van der Waals surface area (Å²) < 4.78 is 75.2. The third-order valence-corrected chi connectivity index (χ3v) is 8.47. The molecule has 0 atom stereocenters. The molecule has 262 valence electrons. The molecule has 0 fully saturated rings. The molecule has 8 nitrogen and oxygen atoms in total. The first-order valence-electron chi connectivity index (χ1n) is 15.1. The van der Waals surface area contributed by atoms with E-state index in [0.717, 1.165) is 60.0 Å². The van der Waals surface area contributed by atoms with Crippen LogP contribution < -0.4 is 18.9 Å². The molecule has 0 radical (unpaired) electrons. The van der Waals surface area contributed by atoms with Crippen molar-refractivity contribution in [3.05, 3.63) is 118 Å². The van der Waals surface area contributed by atoms with E-state index in [0.29, 0.717) is 0 Å². The standard InChI is InChI=1S/C36H32F4N2O6S2/c1-21(35(43)44)15-23-17-29(37)33(30(38)18-23)47-25-5-9-27(10-6-25)49-41-13-3-4-14-42-50-28-11-7-26(8-12-28)48-34-31(39)19-24(20-32(34)40)16-22(2)36(45)46/h5-12,15-20,41-42H,3-4,13-14H2,1-2H3,(H,43,44)(H,45,46)/b21-15+,22-16+. The van der Waals surface area contributed by atoms with Gasteiger partial charge in [-0.2, -0.15) is 0 Å². The predicted octanol–water partition coefficient (Wildman–Crippen LogP) is 9.48. The second-order valence-electron chi connectivity index (χ2n) is 10.7. The van der Waals surface area contributed by atoms with E-state index in [4.69, 9.17) is 19.7 Å². The number of hydrogen-bond donors (Lipinski definition) is 4. The lowest BCUT2D eigenvalue weighted by Gasteiger charge is -2.10. The van der Waals surface area contributed by atoms with Crippen molar-refractivity contribution in [3.8, 4) is 23.0 Å². The van der Waals surface area contributed by atoms with Crippen LogP contribution in [0, 0.1) is 23.3 Å². The van der Waals surface area contributed by atoms with Gasteiger partial charge >= 0.3 is 11.9 Å². The molecule has 4 aromatic carbocycles. The summed E-state index contributed by atoms with van der Waals surface area (Å²) in [6.07, 6.45) is 4.09. The second kappa shape index (κ2) is 18.3. The Morgan fingerprint density at radius 2 is 0.940 bits per heavy atom. The Bertz CT molecular complexity index is 1700. The van der Waals surface area contributed by atoms with Gasteiger partial charge in [0.1, 0.15) is 11.5 Å². The highest BCUT2D eigenvalue weighted by molar-refractivity contribution is 7.97. The Hall–Kier alpha value is -4.76. The van der Waals surface area contributed by atoms with Crippen LogP contribution in [0.15, 0.2) is 93.7 Å². The third-order valence-electron chi connectivity index (χ3n) is 6.76. The van der Waals surface area contributed by atoms with Gasteiger partial charge in [0.15, 0.2) is 34.8 Å². The minimum Gasteiger partial charge on any atom is -0.478 e. The van der Waals surface area contributed by atoms with Gasteiger partial charge in [-0.1, -0.05) is 0 Å². The van der Waals surface area contributed by atoms with Gasteiger partial charge in [0.2, 0.25) is 0 Å². The van der Waals surface area contributed by atoms with Crippen LogP contribution in [0.4, 0.5) is 17.6 Å². The number of carboxylic acid groups (broad SMARTS) is 2. The van der Waals surface area contributed by atoms with E-state index in [1.807, 2.05) is 0 Å². The maximum atomic E-state index is 14.5. The highest BCUT2D eigenvalue weighted by Crippen LogP contribution is 2.32. The molecule has 4 aromatic rings. The molecule has 0 aliphatic heterocycles. The monoisotopic (exact) mass is 728 g/mol. The normalized spacial score (nSPS) is 11.8. The van der Waals surface area contributed by atoms with Crippen molar-refractivity contribution >= 4 is 48.0 Å². The summed E-state index contributed by atoms with van der Waals surface area (Å²) in [5.41, 5.74) is 0.0210. The number of rotatable bonds is 17. The fraction of sp³-hybridized carbons (Fsp3) is 0.167. The zero-order valence-electron chi connectivity index (χ0n) is 26.8. The van der Waals surface area contributed by atoms with Crippen molar-refractivity contribution in [2.24, 2.45) is 0 Å². The Labute approximate surface area is 294 Å². The number of carbonyl (C=O) groups is 2. The van der Waals surface area contributed by atoms with Crippen molar-refractivity contribution in [2.45, 2.75) is 36.5 Å². The number of benzene rings is 4. The first-order chi connectivity index (χ1) is 23.9. The molecule has 4 rings (SSSR count). The van der Waals surface area contributed by atoms with E-state index in [9.17, 15) is 27.2 Å². The van der Waals surface area contributed by atoms with Gasteiger partial charge in [0.25, 0.3) is 0 Å². The molecule has 0 saturated carbocycles. The van der Waals surface area contributed by atoms with Crippen LogP contribution in [0.5, 0.6) is 23.0 Å². The maximum absolute atomic E-state index is 14.5. The summed E-state index contributed by atoms with van der Waals surface area (Å²) in [5, 5.41) is 17.9. The van der Waals surface area contributed by atoms with Crippen molar-refractivity contribution in [1.82, 2.24) is 9.44 Å². The van der Waals surface area contributed by atoms with Crippen LogP contribution in [0.25, 0.3) is 12.2 Å². The Kier molecular flexibility index (Phi) is 13.9. The van der Waals surface area contributed by atoms with Gasteiger partial charge in [-0.15, -0.1) is 0 Å². The minimum atomic E-state index is -1.19. The van der Waals surface area contributed by atoms with Gasteiger partial charge in [-0.3, -0.25) is 9.44 Å². The number of hydrogen-bond acceptors (Lipinski definition) is 8. The molecular weight excluding hydrogens is 697 g/mol. The SMILES string of the molecule is C/C(=C\c1cc(F)c(Oc2ccc(SNCCCCNSc3ccc(Oc4c(F)cc(/C=C(\C)C(=O)O)cc4F)cc3)cc2)c(F)c1)C(=O)O. The number of carboxylic acids is 2. The van der Waals surface area contributed by atoms with E-state index < -0.39 is 46.7 Å². The second-order valence-corrected chi connectivity index (χ2v) is 12.7. The van der Waals surface area contributed by atoms with Crippen molar-refractivity contribution in [3.63, 3.8) is 0 Å². The molecule has 0 heterocycles. The van der Waals surface area contributed by atoms with Gasteiger partial charge < -0.3 is 19.7 Å². The Morgan fingerprint density at radius 1 is 0.620 bits per heavy atom. The number of aliphatic carboxylic acids is 2. The highest BCUT2D eigenvalue weighted by Gasteiger charge is 2.16. The summed E-state index contributed by atoms with van der Waals surface area (Å²) in [7, 11) is 0. The van der Waals surface area contributed by atoms with Crippen molar-refractivity contribution in [1.29, 1.82) is 0 Å². The van der Waals surface area contributed by atoms with Crippen LogP contribution in [0.2, 0.25) is 0 Å².